The van der Waals surface area contributed by atoms with Crippen molar-refractivity contribution in [2.75, 3.05) is 24.6 Å². The highest BCUT2D eigenvalue weighted by Crippen LogP contribution is 2.17. The summed E-state index contributed by atoms with van der Waals surface area (Å²) in [7, 11) is -2.81. The van der Waals surface area contributed by atoms with Crippen molar-refractivity contribution in [1.82, 2.24) is 4.90 Å². The van der Waals surface area contributed by atoms with Crippen molar-refractivity contribution < 1.29 is 13.5 Å². The molecule has 0 aromatic rings. The van der Waals surface area contributed by atoms with Gasteiger partial charge in [-0.05, 0) is 19.9 Å². The molecule has 2 unspecified atom stereocenters. The number of aliphatic hydroxyl groups is 1. The fourth-order valence-corrected chi connectivity index (χ4v) is 3.70. The second kappa shape index (κ2) is 4.59. The Hall–Kier alpha value is -0.130. The number of likely N-dealkylation sites (N-methyl/N-ethyl adjacent to an activating group) is 1. The molecule has 0 radical (unpaired) electrons. The van der Waals surface area contributed by atoms with Crippen molar-refractivity contribution >= 4 is 9.84 Å². The van der Waals surface area contributed by atoms with Crippen LogP contribution < -0.4 is 0 Å². The van der Waals surface area contributed by atoms with Crippen LogP contribution in [0.2, 0.25) is 0 Å². The molecule has 0 aromatic carbocycles. The third kappa shape index (κ3) is 3.22. The van der Waals surface area contributed by atoms with Crippen LogP contribution in [0.15, 0.2) is 0 Å². The summed E-state index contributed by atoms with van der Waals surface area (Å²) in [6.45, 7) is 5.08. The van der Waals surface area contributed by atoms with Crippen LogP contribution >= 0.6 is 0 Å². The average molecular weight is 221 g/mol. The maximum Gasteiger partial charge on any atom is 0.151 e. The molecule has 4 nitrogen and oxygen atoms in total. The minimum absolute atomic E-state index is 0.111. The molecule has 1 aliphatic rings. The van der Waals surface area contributed by atoms with E-state index in [0.717, 1.165) is 6.54 Å². The van der Waals surface area contributed by atoms with Gasteiger partial charge in [-0.15, -0.1) is 0 Å². The van der Waals surface area contributed by atoms with Gasteiger partial charge >= 0.3 is 0 Å². The molecule has 1 heterocycles. The average Bonchev–Trinajstić information content (AvgIpc) is 2.41. The van der Waals surface area contributed by atoms with Crippen molar-refractivity contribution in [3.63, 3.8) is 0 Å². The standard InChI is InChI=1S/C9H19NO3S/c1-3-10(6-8(2)11)9-4-5-14(12,13)7-9/h8-9,11H,3-7H2,1-2H3. The van der Waals surface area contributed by atoms with Gasteiger partial charge in [-0.1, -0.05) is 6.92 Å². The van der Waals surface area contributed by atoms with E-state index < -0.39 is 15.9 Å². The summed E-state index contributed by atoms with van der Waals surface area (Å²) in [6, 6.07) is 0.111. The maximum absolute atomic E-state index is 11.3. The van der Waals surface area contributed by atoms with E-state index in [-0.39, 0.29) is 11.8 Å². The number of hydrogen-bond donors (Lipinski definition) is 1. The minimum atomic E-state index is -2.81. The minimum Gasteiger partial charge on any atom is -0.392 e. The van der Waals surface area contributed by atoms with E-state index in [1.54, 1.807) is 6.92 Å². The predicted octanol–water partition coefficient (Wildman–Crippen LogP) is -0.124. The molecule has 1 fully saturated rings. The Morgan fingerprint density at radius 2 is 2.21 bits per heavy atom. The van der Waals surface area contributed by atoms with Crippen LogP contribution in [0, 0.1) is 0 Å². The molecular weight excluding hydrogens is 202 g/mol. The normalized spacial score (nSPS) is 28.1. The summed E-state index contributed by atoms with van der Waals surface area (Å²) < 4.78 is 22.5. The second-order valence-electron chi connectivity index (χ2n) is 3.99. The van der Waals surface area contributed by atoms with Gasteiger partial charge in [0.25, 0.3) is 0 Å². The zero-order valence-electron chi connectivity index (χ0n) is 8.81. The molecule has 1 saturated heterocycles. The first-order chi connectivity index (χ1) is 6.44. The monoisotopic (exact) mass is 221 g/mol. The van der Waals surface area contributed by atoms with Gasteiger partial charge in [0.1, 0.15) is 0 Å². The van der Waals surface area contributed by atoms with Crippen molar-refractivity contribution in [3.05, 3.63) is 0 Å². The summed E-state index contributed by atoms with van der Waals surface area (Å²) in [4.78, 5) is 2.05. The molecule has 1 rings (SSSR count). The van der Waals surface area contributed by atoms with Gasteiger partial charge in [0.15, 0.2) is 9.84 Å². The second-order valence-corrected chi connectivity index (χ2v) is 6.22. The van der Waals surface area contributed by atoms with E-state index in [4.69, 9.17) is 0 Å². The Bertz CT molecular complexity index is 274. The van der Waals surface area contributed by atoms with Crippen molar-refractivity contribution in [2.24, 2.45) is 0 Å². The van der Waals surface area contributed by atoms with E-state index in [0.29, 0.717) is 18.7 Å². The van der Waals surface area contributed by atoms with E-state index >= 15 is 0 Å². The number of hydrogen-bond acceptors (Lipinski definition) is 4. The van der Waals surface area contributed by atoms with Gasteiger partial charge in [-0.2, -0.15) is 0 Å². The largest absolute Gasteiger partial charge is 0.392 e. The van der Waals surface area contributed by atoms with Crippen LogP contribution in [0.25, 0.3) is 0 Å². The quantitative estimate of drug-likeness (QED) is 0.719. The molecule has 0 spiro atoms. The molecule has 1 aliphatic heterocycles. The molecule has 2 atom stereocenters. The maximum atomic E-state index is 11.3. The Balaban J connectivity index is 2.55. The molecule has 0 bridgehead atoms. The van der Waals surface area contributed by atoms with Crippen LogP contribution in [0.4, 0.5) is 0 Å². The summed E-state index contributed by atoms with van der Waals surface area (Å²) in [6.07, 6.45) is 0.321. The first-order valence-corrected chi connectivity index (χ1v) is 6.89. The third-order valence-corrected chi connectivity index (χ3v) is 4.38. The number of sulfone groups is 1. The van der Waals surface area contributed by atoms with Gasteiger partial charge < -0.3 is 5.11 Å². The molecule has 84 valence electrons. The lowest BCUT2D eigenvalue weighted by atomic mass is 10.2. The highest BCUT2D eigenvalue weighted by atomic mass is 32.2. The Morgan fingerprint density at radius 1 is 1.57 bits per heavy atom. The Labute approximate surface area is 85.8 Å². The third-order valence-electron chi connectivity index (χ3n) is 2.63. The van der Waals surface area contributed by atoms with Gasteiger partial charge in [0.05, 0.1) is 17.6 Å². The number of nitrogens with zero attached hydrogens (tertiary/aromatic N) is 1. The lowest BCUT2D eigenvalue weighted by molar-refractivity contribution is 0.108. The first-order valence-electron chi connectivity index (χ1n) is 5.07. The molecule has 1 N–H and O–H groups in total. The summed E-state index contributed by atoms with van der Waals surface area (Å²) >= 11 is 0. The van der Waals surface area contributed by atoms with Crippen molar-refractivity contribution in [2.45, 2.75) is 32.4 Å². The molecule has 0 saturated carbocycles. The van der Waals surface area contributed by atoms with E-state index in [1.165, 1.54) is 0 Å². The fourth-order valence-electron chi connectivity index (χ4n) is 1.94. The molecule has 14 heavy (non-hydrogen) atoms. The lowest BCUT2D eigenvalue weighted by Gasteiger charge is -2.27. The summed E-state index contributed by atoms with van der Waals surface area (Å²) in [5.74, 6) is 0.557. The Kier molecular flexibility index (Phi) is 3.92. The van der Waals surface area contributed by atoms with Crippen molar-refractivity contribution in [1.29, 1.82) is 0 Å². The highest BCUT2D eigenvalue weighted by Gasteiger charge is 2.31. The van der Waals surface area contributed by atoms with Crippen LogP contribution in [-0.4, -0.2) is 55.2 Å². The molecule has 0 amide bonds. The summed E-state index contributed by atoms with van der Waals surface area (Å²) in [5, 5.41) is 9.25. The van der Waals surface area contributed by atoms with Crippen LogP contribution in [0.3, 0.4) is 0 Å². The SMILES string of the molecule is CCN(CC(C)O)C1CCS(=O)(=O)C1. The number of rotatable bonds is 4. The van der Waals surface area contributed by atoms with Gasteiger partial charge in [0, 0.05) is 12.6 Å². The molecule has 5 heteroatoms. The molecular formula is C9H19NO3S. The molecule has 0 aromatic heterocycles. The van der Waals surface area contributed by atoms with E-state index in [2.05, 4.69) is 4.90 Å². The Morgan fingerprint density at radius 3 is 2.57 bits per heavy atom. The van der Waals surface area contributed by atoms with E-state index in [9.17, 15) is 13.5 Å². The first kappa shape index (κ1) is 11.9. The lowest BCUT2D eigenvalue weighted by Crippen LogP contribution is -2.40. The summed E-state index contributed by atoms with van der Waals surface area (Å²) in [5.41, 5.74) is 0. The van der Waals surface area contributed by atoms with E-state index in [1.807, 2.05) is 6.92 Å². The topological polar surface area (TPSA) is 57.6 Å². The van der Waals surface area contributed by atoms with Gasteiger partial charge in [-0.3, -0.25) is 4.90 Å². The van der Waals surface area contributed by atoms with Crippen LogP contribution in [-0.2, 0) is 9.84 Å². The smallest absolute Gasteiger partial charge is 0.151 e. The highest BCUT2D eigenvalue weighted by molar-refractivity contribution is 7.91. The predicted molar refractivity (Wildman–Crippen MR) is 56.0 cm³/mol. The fraction of sp³-hybridized carbons (Fsp3) is 1.00. The van der Waals surface area contributed by atoms with Crippen LogP contribution in [0.1, 0.15) is 20.3 Å². The van der Waals surface area contributed by atoms with Gasteiger partial charge in [-0.25, -0.2) is 8.42 Å². The zero-order valence-corrected chi connectivity index (χ0v) is 9.63. The van der Waals surface area contributed by atoms with Gasteiger partial charge in [0.2, 0.25) is 0 Å². The van der Waals surface area contributed by atoms with Crippen molar-refractivity contribution in [3.8, 4) is 0 Å². The zero-order chi connectivity index (χ0) is 10.8. The number of aliphatic hydroxyl groups excluding tert-OH is 1. The molecule has 0 aliphatic carbocycles. The van der Waals surface area contributed by atoms with Crippen LogP contribution in [0.5, 0.6) is 0 Å².